The molecule has 0 saturated heterocycles. The van der Waals surface area contributed by atoms with Gasteiger partial charge in [-0.05, 0) is 44.2 Å². The zero-order chi connectivity index (χ0) is 14.1. The molecule has 3 unspecified atom stereocenters. The van der Waals surface area contributed by atoms with Gasteiger partial charge >= 0.3 is 0 Å². The molecule has 0 radical (unpaired) electrons. The highest BCUT2D eigenvalue weighted by atomic mass is 19.1. The third-order valence-corrected chi connectivity index (χ3v) is 4.57. The first-order chi connectivity index (χ1) is 8.95. The van der Waals surface area contributed by atoms with Crippen molar-refractivity contribution >= 4 is 0 Å². The molecule has 4 heteroatoms. The van der Waals surface area contributed by atoms with Crippen LogP contribution >= 0.6 is 0 Å². The molecule has 1 aromatic heterocycles. The lowest BCUT2D eigenvalue weighted by Gasteiger charge is -2.37. The summed E-state index contributed by atoms with van der Waals surface area (Å²) in [6.07, 6.45) is 4.37. The van der Waals surface area contributed by atoms with E-state index in [0.717, 1.165) is 19.0 Å². The minimum atomic E-state index is -1.35. The monoisotopic (exact) mass is 262 g/mol. The highest BCUT2D eigenvalue weighted by molar-refractivity contribution is 5.24. The molecule has 1 aliphatic rings. The molecule has 1 N–H and O–H groups in total. The molecule has 1 aliphatic carbocycles. The average molecular weight is 262 g/mol. The zero-order valence-corrected chi connectivity index (χ0v) is 11.4. The largest absolute Gasteiger partial charge is 0.382 e. The number of nitrogens with zero attached hydrogens (tertiary/aromatic N) is 2. The number of halogens is 1. The van der Waals surface area contributed by atoms with Gasteiger partial charge in [-0.15, -0.1) is 0 Å². The lowest BCUT2D eigenvalue weighted by Crippen LogP contribution is -2.41. The summed E-state index contributed by atoms with van der Waals surface area (Å²) in [7, 11) is 0. The third-order valence-electron chi connectivity index (χ3n) is 4.57. The van der Waals surface area contributed by atoms with Crippen LogP contribution in [-0.4, -0.2) is 10.1 Å². The van der Waals surface area contributed by atoms with E-state index in [9.17, 15) is 14.8 Å². The first kappa shape index (κ1) is 14.0. The van der Waals surface area contributed by atoms with Crippen LogP contribution < -0.4 is 0 Å². The summed E-state index contributed by atoms with van der Waals surface area (Å²) in [5.74, 6) is 0.0231. The molecular weight excluding hydrogens is 243 g/mol. The molecule has 0 spiro atoms. The fourth-order valence-electron chi connectivity index (χ4n) is 3.06. The summed E-state index contributed by atoms with van der Waals surface area (Å²) in [4.78, 5) is 3.96. The van der Waals surface area contributed by atoms with Gasteiger partial charge in [0.2, 0.25) is 0 Å². The van der Waals surface area contributed by atoms with Gasteiger partial charge in [0, 0.05) is 0 Å². The SMILES string of the molecule is CCC1CCC(C#N)(C(C)(O)c2ccc(F)cn2)C1. The van der Waals surface area contributed by atoms with Gasteiger partial charge < -0.3 is 5.11 Å². The molecule has 1 heterocycles. The highest BCUT2D eigenvalue weighted by Gasteiger charge is 2.53. The maximum Gasteiger partial charge on any atom is 0.141 e. The van der Waals surface area contributed by atoms with E-state index in [1.807, 2.05) is 0 Å². The fourth-order valence-corrected chi connectivity index (χ4v) is 3.06. The molecular formula is C15H19FN2O. The Kier molecular flexibility index (Phi) is 3.60. The van der Waals surface area contributed by atoms with Crippen molar-refractivity contribution in [3.05, 3.63) is 29.8 Å². The summed E-state index contributed by atoms with van der Waals surface area (Å²) in [5, 5.41) is 20.4. The molecule has 3 nitrogen and oxygen atoms in total. The Bertz CT molecular complexity index is 492. The van der Waals surface area contributed by atoms with Crippen LogP contribution in [0.3, 0.4) is 0 Å². The Labute approximate surface area is 113 Å². The minimum Gasteiger partial charge on any atom is -0.382 e. The Hall–Kier alpha value is -1.47. The average Bonchev–Trinajstić information content (AvgIpc) is 2.84. The molecule has 1 fully saturated rings. The first-order valence-electron chi connectivity index (χ1n) is 6.71. The summed E-state index contributed by atoms with van der Waals surface area (Å²) in [6.45, 7) is 3.72. The van der Waals surface area contributed by atoms with Crippen molar-refractivity contribution in [2.45, 2.75) is 45.1 Å². The predicted molar refractivity (Wildman–Crippen MR) is 69.4 cm³/mol. The fraction of sp³-hybridized carbons (Fsp3) is 0.600. The number of pyridine rings is 1. The molecule has 2 rings (SSSR count). The van der Waals surface area contributed by atoms with Gasteiger partial charge in [-0.1, -0.05) is 13.3 Å². The van der Waals surface area contributed by atoms with Crippen LogP contribution in [0.2, 0.25) is 0 Å². The van der Waals surface area contributed by atoms with Gasteiger partial charge in [0.25, 0.3) is 0 Å². The van der Waals surface area contributed by atoms with E-state index in [-0.39, 0.29) is 0 Å². The van der Waals surface area contributed by atoms with E-state index in [0.29, 0.717) is 24.5 Å². The maximum atomic E-state index is 12.9. The van der Waals surface area contributed by atoms with Crippen molar-refractivity contribution in [2.24, 2.45) is 11.3 Å². The van der Waals surface area contributed by atoms with Crippen molar-refractivity contribution in [1.82, 2.24) is 4.98 Å². The number of nitriles is 1. The molecule has 0 aromatic carbocycles. The number of aromatic nitrogens is 1. The standard InChI is InChI=1S/C15H19FN2O/c1-3-11-6-7-15(8-11,10-17)14(2,19)13-5-4-12(16)9-18-13/h4-5,9,11,19H,3,6-8H2,1-2H3. The molecule has 0 bridgehead atoms. The van der Waals surface area contributed by atoms with Crippen molar-refractivity contribution in [1.29, 1.82) is 5.26 Å². The molecule has 1 aromatic rings. The van der Waals surface area contributed by atoms with Crippen LogP contribution in [0.5, 0.6) is 0 Å². The highest BCUT2D eigenvalue weighted by Crippen LogP contribution is 2.53. The van der Waals surface area contributed by atoms with Crippen molar-refractivity contribution in [3.63, 3.8) is 0 Å². The van der Waals surface area contributed by atoms with Crippen LogP contribution in [0.25, 0.3) is 0 Å². The topological polar surface area (TPSA) is 56.9 Å². The van der Waals surface area contributed by atoms with Crippen molar-refractivity contribution in [2.75, 3.05) is 0 Å². The van der Waals surface area contributed by atoms with Crippen LogP contribution in [0.15, 0.2) is 18.3 Å². The van der Waals surface area contributed by atoms with Crippen LogP contribution in [0.4, 0.5) is 4.39 Å². The number of hydrogen-bond acceptors (Lipinski definition) is 3. The normalized spacial score (nSPS) is 29.7. The molecule has 19 heavy (non-hydrogen) atoms. The lowest BCUT2D eigenvalue weighted by atomic mass is 9.70. The number of rotatable bonds is 3. The predicted octanol–water partition coefficient (Wildman–Crippen LogP) is 3.15. The zero-order valence-electron chi connectivity index (χ0n) is 11.4. The molecule has 3 atom stereocenters. The van der Waals surface area contributed by atoms with Crippen LogP contribution in [0.1, 0.15) is 45.2 Å². The van der Waals surface area contributed by atoms with Crippen molar-refractivity contribution in [3.8, 4) is 6.07 Å². The van der Waals surface area contributed by atoms with Gasteiger partial charge in [-0.3, -0.25) is 4.98 Å². The van der Waals surface area contributed by atoms with E-state index in [2.05, 4.69) is 18.0 Å². The lowest BCUT2D eigenvalue weighted by molar-refractivity contribution is -0.0479. The number of aliphatic hydroxyl groups is 1. The van der Waals surface area contributed by atoms with Crippen molar-refractivity contribution < 1.29 is 9.50 Å². The van der Waals surface area contributed by atoms with Gasteiger partial charge in [0.1, 0.15) is 11.4 Å². The quantitative estimate of drug-likeness (QED) is 0.910. The Morgan fingerprint density at radius 3 is 2.84 bits per heavy atom. The Morgan fingerprint density at radius 2 is 2.37 bits per heavy atom. The molecule has 0 aliphatic heterocycles. The second-order valence-corrected chi connectivity index (χ2v) is 5.64. The molecule has 1 saturated carbocycles. The van der Waals surface area contributed by atoms with Crippen LogP contribution in [-0.2, 0) is 5.60 Å². The van der Waals surface area contributed by atoms with Gasteiger partial charge in [0.05, 0.1) is 23.4 Å². The minimum absolute atomic E-state index is 0.368. The number of hydrogen-bond donors (Lipinski definition) is 1. The second kappa shape index (κ2) is 4.90. The van der Waals surface area contributed by atoms with Gasteiger partial charge in [-0.2, -0.15) is 5.26 Å². The van der Waals surface area contributed by atoms with E-state index in [1.54, 1.807) is 6.92 Å². The summed E-state index contributed by atoms with van der Waals surface area (Å²) in [6, 6.07) is 5.05. The molecule has 0 amide bonds. The second-order valence-electron chi connectivity index (χ2n) is 5.64. The Balaban J connectivity index is 2.37. The first-order valence-corrected chi connectivity index (χ1v) is 6.71. The van der Waals surface area contributed by atoms with E-state index in [1.165, 1.54) is 12.1 Å². The summed E-state index contributed by atoms with van der Waals surface area (Å²) < 4.78 is 12.9. The van der Waals surface area contributed by atoms with E-state index >= 15 is 0 Å². The maximum absolute atomic E-state index is 12.9. The van der Waals surface area contributed by atoms with Gasteiger partial charge in [0.15, 0.2) is 0 Å². The smallest absolute Gasteiger partial charge is 0.141 e. The van der Waals surface area contributed by atoms with E-state index in [4.69, 9.17) is 0 Å². The van der Waals surface area contributed by atoms with Crippen LogP contribution in [0, 0.1) is 28.5 Å². The summed E-state index contributed by atoms with van der Waals surface area (Å²) >= 11 is 0. The third kappa shape index (κ3) is 2.23. The summed E-state index contributed by atoms with van der Waals surface area (Å²) in [5.41, 5.74) is -1.80. The Morgan fingerprint density at radius 1 is 1.63 bits per heavy atom. The van der Waals surface area contributed by atoms with E-state index < -0.39 is 16.8 Å². The molecule has 102 valence electrons. The van der Waals surface area contributed by atoms with Gasteiger partial charge in [-0.25, -0.2) is 4.39 Å².